The van der Waals surface area contributed by atoms with E-state index in [2.05, 4.69) is 5.16 Å². The SMILES string of the molecule is Nc1onc(C2C3CC4CC(C3)CC2C4)c1C(=O)O. The van der Waals surface area contributed by atoms with Gasteiger partial charge in [0.1, 0.15) is 11.3 Å². The van der Waals surface area contributed by atoms with Gasteiger partial charge in [-0.3, -0.25) is 0 Å². The van der Waals surface area contributed by atoms with Crippen LogP contribution < -0.4 is 5.73 Å². The normalized spacial score (nSPS) is 39.7. The molecule has 4 bridgehead atoms. The Morgan fingerprint density at radius 3 is 2.26 bits per heavy atom. The average Bonchev–Trinajstić information content (AvgIpc) is 2.69. The standard InChI is InChI=1S/C14H18N2O3/c15-13-11(14(17)18)12(16-19-13)10-8-2-6-1-7(4-8)5-9(10)3-6/h6-10H,1-5,15H2,(H,17,18). The van der Waals surface area contributed by atoms with Crippen molar-refractivity contribution in [1.82, 2.24) is 5.16 Å². The molecule has 1 aromatic heterocycles. The Bertz CT molecular complexity index is 509. The van der Waals surface area contributed by atoms with E-state index < -0.39 is 5.97 Å². The number of anilines is 1. The second-order valence-corrected chi connectivity index (χ2v) is 6.57. The van der Waals surface area contributed by atoms with Gasteiger partial charge in [0.25, 0.3) is 0 Å². The van der Waals surface area contributed by atoms with Gasteiger partial charge >= 0.3 is 5.97 Å². The van der Waals surface area contributed by atoms with Crippen LogP contribution in [0.25, 0.3) is 0 Å². The Morgan fingerprint density at radius 1 is 1.16 bits per heavy atom. The second-order valence-electron chi connectivity index (χ2n) is 6.57. The molecule has 5 nitrogen and oxygen atoms in total. The number of carboxylic acids is 1. The van der Waals surface area contributed by atoms with Crippen LogP contribution in [0, 0.1) is 23.7 Å². The Morgan fingerprint density at radius 2 is 1.74 bits per heavy atom. The van der Waals surface area contributed by atoms with Crippen LogP contribution in [-0.2, 0) is 0 Å². The van der Waals surface area contributed by atoms with Crippen molar-refractivity contribution in [2.45, 2.75) is 38.0 Å². The number of aromatic carboxylic acids is 1. The molecule has 4 aliphatic rings. The molecule has 0 amide bonds. The quantitative estimate of drug-likeness (QED) is 0.854. The summed E-state index contributed by atoms with van der Waals surface area (Å²) in [5, 5.41) is 13.3. The maximum atomic E-state index is 11.4. The van der Waals surface area contributed by atoms with E-state index in [0.29, 0.717) is 17.5 Å². The van der Waals surface area contributed by atoms with Gasteiger partial charge < -0.3 is 15.4 Å². The average molecular weight is 262 g/mol. The van der Waals surface area contributed by atoms with Gasteiger partial charge in [-0.25, -0.2) is 4.79 Å². The van der Waals surface area contributed by atoms with Crippen molar-refractivity contribution < 1.29 is 14.4 Å². The third kappa shape index (κ3) is 1.53. The fourth-order valence-electron chi connectivity index (χ4n) is 5.13. The van der Waals surface area contributed by atoms with Crippen LogP contribution in [0.5, 0.6) is 0 Å². The Hall–Kier alpha value is -1.52. The summed E-state index contributed by atoms with van der Waals surface area (Å²) in [6.45, 7) is 0. The number of nitrogens with two attached hydrogens (primary N) is 1. The minimum Gasteiger partial charge on any atom is -0.477 e. The third-order valence-corrected chi connectivity index (χ3v) is 5.50. The molecular formula is C14H18N2O3. The molecule has 4 fully saturated rings. The summed E-state index contributed by atoms with van der Waals surface area (Å²) in [6.07, 6.45) is 6.28. The molecule has 102 valence electrons. The van der Waals surface area contributed by atoms with Gasteiger partial charge in [0, 0.05) is 5.92 Å². The fourth-order valence-corrected chi connectivity index (χ4v) is 5.13. The first-order valence-electron chi connectivity index (χ1n) is 7.11. The van der Waals surface area contributed by atoms with Gasteiger partial charge in [-0.1, -0.05) is 5.16 Å². The monoisotopic (exact) mass is 262 g/mol. The van der Waals surface area contributed by atoms with E-state index in [1.807, 2.05) is 0 Å². The highest BCUT2D eigenvalue weighted by Crippen LogP contribution is 2.60. The summed E-state index contributed by atoms with van der Waals surface area (Å²) in [5.41, 5.74) is 6.34. The predicted molar refractivity (Wildman–Crippen MR) is 67.7 cm³/mol. The molecule has 0 saturated heterocycles. The lowest BCUT2D eigenvalue weighted by molar-refractivity contribution is -0.00537. The van der Waals surface area contributed by atoms with Gasteiger partial charge in [-0.2, -0.15) is 0 Å². The summed E-state index contributed by atoms with van der Waals surface area (Å²) in [4.78, 5) is 11.4. The van der Waals surface area contributed by atoms with Gasteiger partial charge in [-0.15, -0.1) is 0 Å². The van der Waals surface area contributed by atoms with Gasteiger partial charge in [-0.05, 0) is 55.8 Å². The van der Waals surface area contributed by atoms with E-state index in [0.717, 1.165) is 11.8 Å². The van der Waals surface area contributed by atoms with E-state index in [1.54, 1.807) is 0 Å². The first-order chi connectivity index (χ1) is 9.13. The molecule has 4 saturated carbocycles. The Balaban J connectivity index is 1.75. The van der Waals surface area contributed by atoms with Crippen molar-refractivity contribution in [3.05, 3.63) is 11.3 Å². The molecule has 5 rings (SSSR count). The first-order valence-corrected chi connectivity index (χ1v) is 7.11. The second kappa shape index (κ2) is 3.74. The van der Waals surface area contributed by atoms with Crippen molar-refractivity contribution in [1.29, 1.82) is 0 Å². The Labute approximate surface area is 111 Å². The number of aromatic nitrogens is 1. The maximum absolute atomic E-state index is 11.4. The first kappa shape index (κ1) is 11.3. The van der Waals surface area contributed by atoms with Crippen LogP contribution in [-0.4, -0.2) is 16.2 Å². The summed E-state index contributed by atoms with van der Waals surface area (Å²) < 4.78 is 4.96. The van der Waals surface area contributed by atoms with Crippen molar-refractivity contribution in [3.8, 4) is 0 Å². The molecule has 0 radical (unpaired) electrons. The number of hydrogen-bond donors (Lipinski definition) is 2. The molecule has 4 aliphatic carbocycles. The lowest BCUT2D eigenvalue weighted by Crippen LogP contribution is -2.44. The van der Waals surface area contributed by atoms with E-state index in [1.165, 1.54) is 32.1 Å². The van der Waals surface area contributed by atoms with Crippen molar-refractivity contribution in [2.75, 3.05) is 5.73 Å². The van der Waals surface area contributed by atoms with Gasteiger partial charge in [0.2, 0.25) is 5.88 Å². The summed E-state index contributed by atoms with van der Waals surface area (Å²) >= 11 is 0. The number of rotatable bonds is 2. The molecule has 5 heteroatoms. The van der Waals surface area contributed by atoms with Crippen LogP contribution >= 0.6 is 0 Å². The molecule has 0 aromatic carbocycles. The summed E-state index contributed by atoms with van der Waals surface area (Å²) in [6, 6.07) is 0. The van der Waals surface area contributed by atoms with E-state index in [9.17, 15) is 9.90 Å². The third-order valence-electron chi connectivity index (χ3n) is 5.50. The summed E-state index contributed by atoms with van der Waals surface area (Å²) in [5.74, 6) is 2.07. The van der Waals surface area contributed by atoms with E-state index in [4.69, 9.17) is 10.3 Å². The number of hydrogen-bond acceptors (Lipinski definition) is 4. The van der Waals surface area contributed by atoms with E-state index in [-0.39, 0.29) is 17.4 Å². The minimum atomic E-state index is -1.01. The molecule has 19 heavy (non-hydrogen) atoms. The Kier molecular flexibility index (Phi) is 2.23. The van der Waals surface area contributed by atoms with Gasteiger partial charge in [0.15, 0.2) is 0 Å². The number of carboxylic acid groups (broad SMARTS) is 1. The zero-order valence-electron chi connectivity index (χ0n) is 10.7. The molecule has 1 heterocycles. The molecule has 0 spiro atoms. The largest absolute Gasteiger partial charge is 0.477 e. The predicted octanol–water partition coefficient (Wildman–Crippen LogP) is 2.49. The molecule has 0 unspecified atom stereocenters. The van der Waals surface area contributed by atoms with Crippen LogP contribution in [0.15, 0.2) is 4.52 Å². The molecule has 1 aromatic rings. The molecule has 3 N–H and O–H groups in total. The van der Waals surface area contributed by atoms with Gasteiger partial charge in [0.05, 0.1) is 0 Å². The molecule has 0 aliphatic heterocycles. The molecule has 0 atom stereocenters. The molecular weight excluding hydrogens is 244 g/mol. The highest BCUT2D eigenvalue weighted by atomic mass is 16.5. The zero-order valence-corrected chi connectivity index (χ0v) is 10.7. The topological polar surface area (TPSA) is 89.4 Å². The smallest absolute Gasteiger partial charge is 0.343 e. The van der Waals surface area contributed by atoms with Crippen LogP contribution in [0.3, 0.4) is 0 Å². The highest BCUT2D eigenvalue weighted by Gasteiger charge is 2.50. The maximum Gasteiger partial charge on any atom is 0.343 e. The number of nitrogen functional groups attached to an aromatic ring is 1. The number of carbonyl (C=O) groups is 1. The lowest BCUT2D eigenvalue weighted by atomic mass is 9.51. The minimum absolute atomic E-state index is 0.0451. The van der Waals surface area contributed by atoms with Crippen LogP contribution in [0.2, 0.25) is 0 Å². The summed E-state index contributed by atoms with van der Waals surface area (Å²) in [7, 11) is 0. The van der Waals surface area contributed by atoms with Crippen LogP contribution in [0.4, 0.5) is 5.88 Å². The zero-order chi connectivity index (χ0) is 13.1. The van der Waals surface area contributed by atoms with Crippen LogP contribution in [0.1, 0.15) is 54.1 Å². The fraction of sp³-hybridized carbons (Fsp3) is 0.714. The lowest BCUT2D eigenvalue weighted by Gasteiger charge is -2.53. The van der Waals surface area contributed by atoms with Crippen molar-refractivity contribution in [2.24, 2.45) is 23.7 Å². The number of nitrogens with zero attached hydrogens (tertiary/aromatic N) is 1. The van der Waals surface area contributed by atoms with E-state index >= 15 is 0 Å². The highest BCUT2D eigenvalue weighted by molar-refractivity contribution is 5.93. The van der Waals surface area contributed by atoms with Crippen molar-refractivity contribution in [3.63, 3.8) is 0 Å². The van der Waals surface area contributed by atoms with Crippen molar-refractivity contribution >= 4 is 11.9 Å².